The van der Waals surface area contributed by atoms with Gasteiger partial charge in [-0.1, -0.05) is 61.7 Å². The SMILES string of the molecule is O=C(O)CCC(=O)Nc1ccc(/C=C(/C(=O)NC2CCCCC2)c2ccccc2)cc1. The summed E-state index contributed by atoms with van der Waals surface area (Å²) < 4.78 is 0. The van der Waals surface area contributed by atoms with E-state index >= 15 is 0 Å². The van der Waals surface area contributed by atoms with Gasteiger partial charge in [-0.05, 0) is 42.2 Å². The van der Waals surface area contributed by atoms with Gasteiger partial charge in [-0.3, -0.25) is 14.4 Å². The highest BCUT2D eigenvalue weighted by Crippen LogP contribution is 2.22. The molecular weight excluding hydrogens is 392 g/mol. The molecule has 0 heterocycles. The zero-order chi connectivity index (χ0) is 22.1. The lowest BCUT2D eigenvalue weighted by atomic mass is 9.94. The molecule has 0 unspecified atom stereocenters. The van der Waals surface area contributed by atoms with Gasteiger partial charge < -0.3 is 15.7 Å². The average molecular weight is 421 g/mol. The minimum Gasteiger partial charge on any atom is -0.481 e. The van der Waals surface area contributed by atoms with Crippen LogP contribution in [0.5, 0.6) is 0 Å². The summed E-state index contributed by atoms with van der Waals surface area (Å²) in [6, 6.07) is 16.9. The van der Waals surface area contributed by atoms with Gasteiger partial charge in [0.2, 0.25) is 5.91 Å². The summed E-state index contributed by atoms with van der Waals surface area (Å²) in [6.45, 7) is 0. The Kier molecular flexibility index (Phi) is 7.98. The predicted octanol–water partition coefficient (Wildman–Crippen LogP) is 4.48. The number of carbonyl (C=O) groups is 3. The highest BCUT2D eigenvalue weighted by Gasteiger charge is 2.19. The molecule has 1 aliphatic carbocycles. The summed E-state index contributed by atoms with van der Waals surface area (Å²) >= 11 is 0. The van der Waals surface area contributed by atoms with Gasteiger partial charge in [-0.25, -0.2) is 0 Å². The Morgan fingerprint density at radius 2 is 1.58 bits per heavy atom. The van der Waals surface area contributed by atoms with Gasteiger partial charge in [0.25, 0.3) is 5.91 Å². The van der Waals surface area contributed by atoms with Crippen LogP contribution < -0.4 is 10.6 Å². The van der Waals surface area contributed by atoms with Gasteiger partial charge in [0.15, 0.2) is 0 Å². The van der Waals surface area contributed by atoms with Gasteiger partial charge in [-0.2, -0.15) is 0 Å². The van der Waals surface area contributed by atoms with Crippen molar-refractivity contribution in [3.63, 3.8) is 0 Å². The van der Waals surface area contributed by atoms with E-state index in [0.717, 1.165) is 36.8 Å². The van der Waals surface area contributed by atoms with Crippen LogP contribution in [0, 0.1) is 0 Å². The Hall–Kier alpha value is -3.41. The van der Waals surface area contributed by atoms with Crippen molar-refractivity contribution < 1.29 is 19.5 Å². The first-order valence-electron chi connectivity index (χ1n) is 10.7. The molecule has 0 aromatic heterocycles. The highest BCUT2D eigenvalue weighted by molar-refractivity contribution is 6.24. The van der Waals surface area contributed by atoms with Crippen molar-refractivity contribution in [2.45, 2.75) is 51.0 Å². The first-order valence-corrected chi connectivity index (χ1v) is 10.7. The third kappa shape index (κ3) is 7.10. The molecule has 6 nitrogen and oxygen atoms in total. The first kappa shape index (κ1) is 22.3. The van der Waals surface area contributed by atoms with Crippen LogP contribution in [0.1, 0.15) is 56.1 Å². The van der Waals surface area contributed by atoms with E-state index in [1.165, 1.54) is 6.42 Å². The Labute approximate surface area is 182 Å². The standard InChI is InChI=1S/C25H28N2O4/c28-23(15-16-24(29)30)26-21-13-11-18(12-14-21)17-22(19-7-3-1-4-8-19)25(31)27-20-9-5-2-6-10-20/h1,3-4,7-8,11-14,17,20H,2,5-6,9-10,15-16H2,(H,26,28)(H,27,31)(H,29,30)/b22-17+. The number of carbonyl (C=O) groups excluding carboxylic acids is 2. The van der Waals surface area contributed by atoms with Crippen LogP contribution in [0.2, 0.25) is 0 Å². The summed E-state index contributed by atoms with van der Waals surface area (Å²) in [5.41, 5.74) is 2.87. The van der Waals surface area contributed by atoms with Crippen molar-refractivity contribution in [3.8, 4) is 0 Å². The van der Waals surface area contributed by atoms with E-state index in [1.807, 2.05) is 48.5 Å². The van der Waals surface area contributed by atoms with Crippen molar-refractivity contribution >= 4 is 35.1 Å². The molecule has 162 valence electrons. The van der Waals surface area contributed by atoms with Crippen LogP contribution in [0.25, 0.3) is 11.6 Å². The second-order valence-corrected chi connectivity index (χ2v) is 7.80. The Morgan fingerprint density at radius 3 is 2.23 bits per heavy atom. The second-order valence-electron chi connectivity index (χ2n) is 7.80. The Bertz CT molecular complexity index is 930. The maximum Gasteiger partial charge on any atom is 0.303 e. The smallest absolute Gasteiger partial charge is 0.303 e. The number of amides is 2. The van der Waals surface area contributed by atoms with E-state index in [4.69, 9.17) is 5.11 Å². The number of aliphatic carboxylic acids is 1. The number of anilines is 1. The molecule has 0 bridgehead atoms. The summed E-state index contributed by atoms with van der Waals surface area (Å²) in [4.78, 5) is 35.5. The molecule has 0 radical (unpaired) electrons. The van der Waals surface area contributed by atoms with Gasteiger partial charge in [0, 0.05) is 23.7 Å². The number of benzene rings is 2. The van der Waals surface area contributed by atoms with Crippen LogP contribution in [-0.2, 0) is 14.4 Å². The maximum atomic E-state index is 13.1. The van der Waals surface area contributed by atoms with Crippen molar-refractivity contribution in [3.05, 3.63) is 65.7 Å². The summed E-state index contributed by atoms with van der Waals surface area (Å²) in [6.07, 6.45) is 7.13. The molecule has 0 atom stereocenters. The normalized spacial score (nSPS) is 14.6. The number of hydrogen-bond acceptors (Lipinski definition) is 3. The first-order chi connectivity index (χ1) is 15.0. The molecule has 1 saturated carbocycles. The molecule has 0 saturated heterocycles. The average Bonchev–Trinajstić information content (AvgIpc) is 2.78. The fraction of sp³-hybridized carbons (Fsp3) is 0.320. The molecule has 1 fully saturated rings. The lowest BCUT2D eigenvalue weighted by Crippen LogP contribution is -2.36. The van der Waals surface area contributed by atoms with Crippen LogP contribution in [0.3, 0.4) is 0 Å². The van der Waals surface area contributed by atoms with Crippen LogP contribution >= 0.6 is 0 Å². The van der Waals surface area contributed by atoms with Crippen molar-refractivity contribution in [1.82, 2.24) is 5.32 Å². The van der Waals surface area contributed by atoms with Gasteiger partial charge in [0.1, 0.15) is 0 Å². The molecule has 2 amide bonds. The number of carboxylic acids is 1. The molecule has 6 heteroatoms. The molecule has 31 heavy (non-hydrogen) atoms. The molecule has 3 N–H and O–H groups in total. The second kappa shape index (κ2) is 11.1. The summed E-state index contributed by atoms with van der Waals surface area (Å²) in [5.74, 6) is -1.43. The van der Waals surface area contributed by atoms with Crippen molar-refractivity contribution in [1.29, 1.82) is 0 Å². The Balaban J connectivity index is 1.74. The molecule has 1 aliphatic rings. The Morgan fingerprint density at radius 1 is 0.903 bits per heavy atom. The predicted molar refractivity (Wildman–Crippen MR) is 121 cm³/mol. The molecule has 0 aliphatic heterocycles. The third-order valence-electron chi connectivity index (χ3n) is 5.34. The third-order valence-corrected chi connectivity index (χ3v) is 5.34. The van der Waals surface area contributed by atoms with E-state index in [0.29, 0.717) is 11.3 Å². The lowest BCUT2D eigenvalue weighted by Gasteiger charge is -2.23. The molecule has 2 aromatic rings. The minimum atomic E-state index is -1.00. The topological polar surface area (TPSA) is 95.5 Å². The highest BCUT2D eigenvalue weighted by atomic mass is 16.4. The fourth-order valence-corrected chi connectivity index (χ4v) is 3.68. The van der Waals surface area contributed by atoms with Gasteiger partial charge >= 0.3 is 5.97 Å². The lowest BCUT2D eigenvalue weighted by molar-refractivity contribution is -0.138. The molecular formula is C25H28N2O4. The number of hydrogen-bond donors (Lipinski definition) is 3. The number of nitrogens with one attached hydrogen (secondary N) is 2. The zero-order valence-corrected chi connectivity index (χ0v) is 17.5. The fourth-order valence-electron chi connectivity index (χ4n) is 3.68. The minimum absolute atomic E-state index is 0.0729. The monoisotopic (exact) mass is 420 g/mol. The van der Waals surface area contributed by atoms with Crippen LogP contribution in [0.4, 0.5) is 5.69 Å². The molecule has 0 spiro atoms. The summed E-state index contributed by atoms with van der Waals surface area (Å²) in [5, 5.41) is 14.5. The van der Waals surface area contributed by atoms with Crippen molar-refractivity contribution in [2.24, 2.45) is 0 Å². The number of rotatable bonds is 8. The van der Waals surface area contributed by atoms with E-state index < -0.39 is 5.97 Å². The van der Waals surface area contributed by atoms with Gasteiger partial charge in [-0.15, -0.1) is 0 Å². The van der Waals surface area contributed by atoms with Crippen molar-refractivity contribution in [2.75, 3.05) is 5.32 Å². The van der Waals surface area contributed by atoms with E-state index in [9.17, 15) is 14.4 Å². The van der Waals surface area contributed by atoms with E-state index in [2.05, 4.69) is 10.6 Å². The maximum absolute atomic E-state index is 13.1. The zero-order valence-electron chi connectivity index (χ0n) is 17.5. The largest absolute Gasteiger partial charge is 0.481 e. The molecule has 2 aromatic carbocycles. The van der Waals surface area contributed by atoms with Gasteiger partial charge in [0.05, 0.1) is 6.42 Å². The van der Waals surface area contributed by atoms with Crippen LogP contribution in [-0.4, -0.2) is 28.9 Å². The van der Waals surface area contributed by atoms with Crippen LogP contribution in [0.15, 0.2) is 54.6 Å². The number of carboxylic acid groups (broad SMARTS) is 1. The summed E-state index contributed by atoms with van der Waals surface area (Å²) in [7, 11) is 0. The van der Waals surface area contributed by atoms with E-state index in [-0.39, 0.29) is 30.7 Å². The quantitative estimate of drug-likeness (QED) is 0.433. The molecule has 3 rings (SSSR count). The van der Waals surface area contributed by atoms with E-state index in [1.54, 1.807) is 12.1 Å².